The van der Waals surface area contributed by atoms with Crippen LogP contribution in [0.3, 0.4) is 0 Å². The van der Waals surface area contributed by atoms with Gasteiger partial charge in [-0.25, -0.2) is 4.68 Å². The molecule has 1 unspecified atom stereocenters. The van der Waals surface area contributed by atoms with Crippen molar-refractivity contribution >= 4 is 23.2 Å². The summed E-state index contributed by atoms with van der Waals surface area (Å²) < 4.78 is 1.63. The topological polar surface area (TPSA) is 56.7 Å². The minimum Gasteiger partial charge on any atom is -0.323 e. The molecular weight excluding hydrogens is 271 g/mol. The SMILES string of the molecule is CCCC(N)c1cn(-c2cc(Cl)cc(Cl)c2)nn1. The molecule has 18 heavy (non-hydrogen) atoms. The Balaban J connectivity index is 2.29. The van der Waals surface area contributed by atoms with Crippen molar-refractivity contribution in [1.82, 2.24) is 15.0 Å². The van der Waals surface area contributed by atoms with E-state index in [9.17, 15) is 0 Å². The molecule has 6 heteroatoms. The minimum atomic E-state index is -0.0848. The van der Waals surface area contributed by atoms with E-state index in [4.69, 9.17) is 28.9 Å². The van der Waals surface area contributed by atoms with Crippen LogP contribution >= 0.6 is 23.2 Å². The number of benzene rings is 1. The molecule has 1 aromatic heterocycles. The van der Waals surface area contributed by atoms with Crippen LogP contribution in [0.4, 0.5) is 0 Å². The van der Waals surface area contributed by atoms with Crippen LogP contribution in [-0.2, 0) is 0 Å². The lowest BCUT2D eigenvalue weighted by Gasteiger charge is -2.05. The number of nitrogens with zero attached hydrogens (tertiary/aromatic N) is 3. The third-order valence-electron chi connectivity index (χ3n) is 2.60. The Bertz CT molecular complexity index is 518. The maximum Gasteiger partial charge on any atom is 0.0998 e. The Kier molecular flexibility index (Phi) is 4.22. The maximum absolute atomic E-state index is 5.99. The van der Waals surface area contributed by atoms with Crippen molar-refractivity contribution in [3.8, 4) is 5.69 Å². The van der Waals surface area contributed by atoms with Crippen molar-refractivity contribution in [2.24, 2.45) is 5.73 Å². The lowest BCUT2D eigenvalue weighted by Crippen LogP contribution is -2.10. The van der Waals surface area contributed by atoms with E-state index in [1.165, 1.54) is 0 Å². The molecule has 1 heterocycles. The molecule has 96 valence electrons. The lowest BCUT2D eigenvalue weighted by molar-refractivity contribution is 0.619. The molecule has 0 aliphatic carbocycles. The van der Waals surface area contributed by atoms with Crippen LogP contribution < -0.4 is 5.73 Å². The van der Waals surface area contributed by atoms with Gasteiger partial charge in [-0.2, -0.15) is 0 Å². The highest BCUT2D eigenvalue weighted by Crippen LogP contribution is 2.22. The molecule has 0 amide bonds. The summed E-state index contributed by atoms with van der Waals surface area (Å²) >= 11 is 11.9. The van der Waals surface area contributed by atoms with E-state index in [-0.39, 0.29) is 6.04 Å². The van der Waals surface area contributed by atoms with Gasteiger partial charge < -0.3 is 5.73 Å². The zero-order valence-corrected chi connectivity index (χ0v) is 11.5. The van der Waals surface area contributed by atoms with E-state index in [0.29, 0.717) is 10.0 Å². The Morgan fingerprint density at radius 3 is 2.56 bits per heavy atom. The second-order valence-corrected chi connectivity index (χ2v) is 4.98. The van der Waals surface area contributed by atoms with E-state index in [1.54, 1.807) is 22.9 Å². The fourth-order valence-electron chi connectivity index (χ4n) is 1.70. The second-order valence-electron chi connectivity index (χ2n) is 4.11. The van der Waals surface area contributed by atoms with Crippen molar-refractivity contribution < 1.29 is 0 Å². The zero-order chi connectivity index (χ0) is 13.1. The van der Waals surface area contributed by atoms with E-state index in [1.807, 2.05) is 6.20 Å². The number of nitrogens with two attached hydrogens (primary N) is 1. The van der Waals surface area contributed by atoms with Gasteiger partial charge in [0.15, 0.2) is 0 Å². The van der Waals surface area contributed by atoms with Crippen LogP contribution in [0.1, 0.15) is 31.5 Å². The number of halogens is 2. The molecule has 0 spiro atoms. The van der Waals surface area contributed by atoms with Gasteiger partial charge in [0, 0.05) is 10.0 Å². The Morgan fingerprint density at radius 2 is 1.94 bits per heavy atom. The quantitative estimate of drug-likeness (QED) is 0.937. The third kappa shape index (κ3) is 3.02. The highest BCUT2D eigenvalue weighted by molar-refractivity contribution is 6.34. The van der Waals surface area contributed by atoms with Crippen LogP contribution in [-0.4, -0.2) is 15.0 Å². The molecule has 2 aromatic rings. The van der Waals surface area contributed by atoms with Crippen LogP contribution in [0, 0.1) is 0 Å². The van der Waals surface area contributed by atoms with Gasteiger partial charge in [-0.3, -0.25) is 0 Å². The van der Waals surface area contributed by atoms with Crippen LogP contribution in [0.2, 0.25) is 10.0 Å². The van der Waals surface area contributed by atoms with E-state index in [2.05, 4.69) is 17.2 Å². The van der Waals surface area contributed by atoms with Gasteiger partial charge in [-0.1, -0.05) is 41.8 Å². The first-order valence-corrected chi connectivity index (χ1v) is 6.50. The summed E-state index contributed by atoms with van der Waals surface area (Å²) in [5, 5.41) is 9.24. The zero-order valence-electron chi connectivity index (χ0n) is 9.98. The largest absolute Gasteiger partial charge is 0.323 e. The second kappa shape index (κ2) is 5.69. The number of aromatic nitrogens is 3. The predicted octanol–water partition coefficient (Wildman–Crippen LogP) is 3.37. The minimum absolute atomic E-state index is 0.0848. The first kappa shape index (κ1) is 13.3. The molecule has 2 N–H and O–H groups in total. The van der Waals surface area contributed by atoms with Crippen molar-refractivity contribution in [2.75, 3.05) is 0 Å². The highest BCUT2D eigenvalue weighted by atomic mass is 35.5. The van der Waals surface area contributed by atoms with Gasteiger partial charge in [-0.15, -0.1) is 5.10 Å². The molecule has 0 bridgehead atoms. The van der Waals surface area contributed by atoms with E-state index in [0.717, 1.165) is 24.2 Å². The van der Waals surface area contributed by atoms with Crippen LogP contribution in [0.25, 0.3) is 5.69 Å². The summed E-state index contributed by atoms with van der Waals surface area (Å²) in [5.41, 5.74) is 7.53. The molecule has 4 nitrogen and oxygen atoms in total. The number of hydrogen-bond donors (Lipinski definition) is 1. The van der Waals surface area contributed by atoms with E-state index >= 15 is 0 Å². The fraction of sp³-hybridized carbons (Fsp3) is 0.333. The van der Waals surface area contributed by atoms with Crippen molar-refractivity contribution in [2.45, 2.75) is 25.8 Å². The molecule has 0 fully saturated rings. The smallest absolute Gasteiger partial charge is 0.0998 e. The van der Waals surface area contributed by atoms with Gasteiger partial charge in [0.25, 0.3) is 0 Å². The van der Waals surface area contributed by atoms with Crippen LogP contribution in [0.15, 0.2) is 24.4 Å². The summed E-state index contributed by atoms with van der Waals surface area (Å²) in [6.07, 6.45) is 3.70. The predicted molar refractivity (Wildman–Crippen MR) is 73.2 cm³/mol. The molecule has 0 saturated carbocycles. The standard InChI is InChI=1S/C12H14Cl2N4/c1-2-3-11(15)12-7-18(17-16-12)10-5-8(13)4-9(14)6-10/h4-7,11H,2-3,15H2,1H3. The summed E-state index contributed by atoms with van der Waals surface area (Å²) in [6.45, 7) is 2.08. The van der Waals surface area contributed by atoms with Crippen molar-refractivity contribution in [3.05, 3.63) is 40.1 Å². The molecule has 0 radical (unpaired) electrons. The molecule has 0 aliphatic heterocycles. The third-order valence-corrected chi connectivity index (χ3v) is 3.04. The molecule has 2 rings (SSSR count). The van der Waals surface area contributed by atoms with Gasteiger partial charge in [0.2, 0.25) is 0 Å². The van der Waals surface area contributed by atoms with Crippen molar-refractivity contribution in [1.29, 1.82) is 0 Å². The van der Waals surface area contributed by atoms with Crippen LogP contribution in [0.5, 0.6) is 0 Å². The van der Waals surface area contributed by atoms with Gasteiger partial charge in [0.05, 0.1) is 23.6 Å². The number of hydrogen-bond acceptors (Lipinski definition) is 3. The lowest BCUT2D eigenvalue weighted by atomic mass is 10.1. The highest BCUT2D eigenvalue weighted by Gasteiger charge is 2.10. The molecule has 1 atom stereocenters. The summed E-state index contributed by atoms with van der Waals surface area (Å²) in [7, 11) is 0. The fourth-order valence-corrected chi connectivity index (χ4v) is 2.22. The average Bonchev–Trinajstić information content (AvgIpc) is 2.77. The Hall–Kier alpha value is -1.10. The summed E-state index contributed by atoms with van der Waals surface area (Å²) in [4.78, 5) is 0. The number of rotatable bonds is 4. The molecule has 0 aliphatic rings. The molecular formula is C12H14Cl2N4. The van der Waals surface area contributed by atoms with Crippen molar-refractivity contribution in [3.63, 3.8) is 0 Å². The first-order chi connectivity index (χ1) is 8.60. The molecule has 1 aromatic carbocycles. The average molecular weight is 285 g/mol. The van der Waals surface area contributed by atoms with Gasteiger partial charge in [-0.05, 0) is 24.6 Å². The summed E-state index contributed by atoms with van der Waals surface area (Å²) in [5.74, 6) is 0. The van der Waals surface area contributed by atoms with E-state index < -0.39 is 0 Å². The summed E-state index contributed by atoms with van der Waals surface area (Å²) in [6, 6.07) is 5.14. The Labute approximate surface area is 116 Å². The Morgan fingerprint density at radius 1 is 1.28 bits per heavy atom. The maximum atomic E-state index is 5.99. The normalized spacial score (nSPS) is 12.7. The molecule has 0 saturated heterocycles. The monoisotopic (exact) mass is 284 g/mol. The van der Waals surface area contributed by atoms with Gasteiger partial charge in [0.1, 0.15) is 0 Å². The van der Waals surface area contributed by atoms with Gasteiger partial charge >= 0.3 is 0 Å². The first-order valence-electron chi connectivity index (χ1n) is 5.74.